The van der Waals surface area contributed by atoms with Crippen LogP contribution in [0.25, 0.3) is 11.6 Å². The van der Waals surface area contributed by atoms with E-state index in [9.17, 15) is 4.79 Å². The maximum Gasteiger partial charge on any atom is 0.278 e. The minimum atomic E-state index is -0.267. The summed E-state index contributed by atoms with van der Waals surface area (Å²) in [5.41, 5.74) is 0.186. The highest BCUT2D eigenvalue weighted by Gasteiger charge is 2.09. The van der Waals surface area contributed by atoms with Gasteiger partial charge in [0.2, 0.25) is 0 Å². The number of nitrogens with zero attached hydrogens (tertiary/aromatic N) is 3. The molecule has 0 aromatic carbocycles. The first-order chi connectivity index (χ1) is 7.79. The molecule has 0 saturated carbocycles. The summed E-state index contributed by atoms with van der Waals surface area (Å²) < 4.78 is 5.00. The van der Waals surface area contributed by atoms with Gasteiger partial charge >= 0.3 is 0 Å². The molecule has 0 aliphatic heterocycles. The molecule has 0 amide bonds. The first-order valence-electron chi connectivity index (χ1n) is 4.89. The molecule has 0 saturated heterocycles. The minimum Gasteiger partial charge on any atom is -0.332 e. The van der Waals surface area contributed by atoms with Crippen molar-refractivity contribution in [3.63, 3.8) is 0 Å². The quantitative estimate of drug-likeness (QED) is 0.750. The molecule has 0 atom stereocenters. The first kappa shape index (κ1) is 10.5. The van der Waals surface area contributed by atoms with Gasteiger partial charge in [-0.15, -0.1) is 0 Å². The van der Waals surface area contributed by atoms with Gasteiger partial charge in [-0.1, -0.05) is 12.1 Å². The van der Waals surface area contributed by atoms with Crippen molar-refractivity contribution in [1.82, 2.24) is 25.7 Å². The lowest BCUT2D eigenvalue weighted by molar-refractivity contribution is 0.418. The highest BCUT2D eigenvalue weighted by atomic mass is 16.5. The summed E-state index contributed by atoms with van der Waals surface area (Å²) >= 11 is 0. The normalized spacial score (nSPS) is 10.6. The number of nitrogens with one attached hydrogen (secondary N) is 2. The molecule has 0 bridgehead atoms. The number of hydrogen-bond acceptors (Lipinski definition) is 6. The summed E-state index contributed by atoms with van der Waals surface area (Å²) in [4.78, 5) is 14.9. The topological polar surface area (TPSA) is 96.7 Å². The molecule has 0 radical (unpaired) electrons. The fraction of sp³-hybridized carbons (Fsp3) is 0.333. The van der Waals surface area contributed by atoms with Crippen molar-refractivity contribution < 1.29 is 4.52 Å². The summed E-state index contributed by atoms with van der Waals surface area (Å²) in [5, 5.41) is 12.9. The van der Waals surface area contributed by atoms with Crippen LogP contribution in [0.1, 0.15) is 12.7 Å². The summed E-state index contributed by atoms with van der Waals surface area (Å²) in [7, 11) is 0. The molecular weight excluding hydrogens is 210 g/mol. The summed E-state index contributed by atoms with van der Waals surface area (Å²) in [6.45, 7) is 3.37. The molecule has 0 unspecified atom stereocenters. The standard InChI is InChI=1S/C9H11N5O2/c1-2-10-5-7-11-9(16-14-7)6-3-4-8(15)13-12-6/h3-4,10H,2,5H2,1H3,(H,13,15). The number of aromatic nitrogens is 4. The van der Waals surface area contributed by atoms with E-state index in [-0.39, 0.29) is 5.56 Å². The second kappa shape index (κ2) is 4.67. The molecule has 2 aromatic heterocycles. The van der Waals surface area contributed by atoms with Crippen LogP contribution >= 0.6 is 0 Å². The predicted molar refractivity (Wildman–Crippen MR) is 55.5 cm³/mol. The number of hydrogen-bond donors (Lipinski definition) is 2. The fourth-order valence-electron chi connectivity index (χ4n) is 1.13. The average Bonchev–Trinajstić information content (AvgIpc) is 2.76. The van der Waals surface area contributed by atoms with E-state index >= 15 is 0 Å². The summed E-state index contributed by atoms with van der Waals surface area (Å²) in [6, 6.07) is 2.89. The Bertz CT molecular complexity index is 498. The Morgan fingerprint density at radius 2 is 2.38 bits per heavy atom. The molecule has 16 heavy (non-hydrogen) atoms. The van der Waals surface area contributed by atoms with E-state index in [1.165, 1.54) is 12.1 Å². The van der Waals surface area contributed by atoms with Gasteiger partial charge in [-0.25, -0.2) is 5.10 Å². The second-order valence-corrected chi connectivity index (χ2v) is 3.10. The predicted octanol–water partition coefficient (Wildman–Crippen LogP) is -0.0706. The van der Waals surface area contributed by atoms with Gasteiger partial charge in [0.1, 0.15) is 5.69 Å². The Balaban J connectivity index is 2.18. The van der Waals surface area contributed by atoms with Crippen LogP contribution in [-0.2, 0) is 6.54 Å². The smallest absolute Gasteiger partial charge is 0.278 e. The van der Waals surface area contributed by atoms with E-state index < -0.39 is 0 Å². The van der Waals surface area contributed by atoms with E-state index in [1.807, 2.05) is 6.92 Å². The Kier molecular flexibility index (Phi) is 3.06. The zero-order chi connectivity index (χ0) is 11.4. The van der Waals surface area contributed by atoms with Crippen LogP contribution in [0.4, 0.5) is 0 Å². The van der Waals surface area contributed by atoms with Crippen LogP contribution in [0.5, 0.6) is 0 Å². The number of H-pyrrole nitrogens is 1. The van der Waals surface area contributed by atoms with E-state index in [0.717, 1.165) is 6.54 Å². The monoisotopic (exact) mass is 221 g/mol. The van der Waals surface area contributed by atoms with E-state index in [0.29, 0.717) is 24.0 Å². The van der Waals surface area contributed by atoms with E-state index in [2.05, 4.69) is 25.7 Å². The van der Waals surface area contributed by atoms with Gasteiger partial charge < -0.3 is 9.84 Å². The van der Waals surface area contributed by atoms with Gasteiger partial charge in [-0.2, -0.15) is 10.1 Å². The Morgan fingerprint density at radius 3 is 3.06 bits per heavy atom. The molecule has 0 aliphatic rings. The molecule has 2 rings (SSSR count). The molecule has 7 nitrogen and oxygen atoms in total. The van der Waals surface area contributed by atoms with Gasteiger partial charge in [0.25, 0.3) is 11.4 Å². The SMILES string of the molecule is CCNCc1noc(-c2ccc(=O)[nH]n2)n1. The maximum atomic E-state index is 10.8. The zero-order valence-corrected chi connectivity index (χ0v) is 8.73. The van der Waals surface area contributed by atoms with Crippen LogP contribution in [0.2, 0.25) is 0 Å². The van der Waals surface area contributed by atoms with Crippen molar-refractivity contribution in [1.29, 1.82) is 0 Å². The highest BCUT2D eigenvalue weighted by Crippen LogP contribution is 2.11. The highest BCUT2D eigenvalue weighted by molar-refractivity contribution is 5.44. The molecule has 0 spiro atoms. The largest absolute Gasteiger partial charge is 0.332 e. The molecule has 2 N–H and O–H groups in total. The maximum absolute atomic E-state index is 10.8. The molecular formula is C9H11N5O2. The van der Waals surface area contributed by atoms with E-state index in [1.54, 1.807) is 0 Å². The van der Waals surface area contributed by atoms with Gasteiger partial charge in [0.05, 0.1) is 6.54 Å². The Morgan fingerprint density at radius 1 is 1.50 bits per heavy atom. The van der Waals surface area contributed by atoms with Crippen molar-refractivity contribution in [2.75, 3.05) is 6.54 Å². The van der Waals surface area contributed by atoms with Crippen LogP contribution in [0, 0.1) is 0 Å². The van der Waals surface area contributed by atoms with Crippen LogP contribution < -0.4 is 10.9 Å². The van der Waals surface area contributed by atoms with Crippen molar-refractivity contribution in [2.24, 2.45) is 0 Å². The van der Waals surface area contributed by atoms with Gasteiger partial charge in [-0.3, -0.25) is 4.79 Å². The third-order valence-corrected chi connectivity index (χ3v) is 1.90. The van der Waals surface area contributed by atoms with Gasteiger partial charge in [0, 0.05) is 6.07 Å². The van der Waals surface area contributed by atoms with Gasteiger partial charge in [-0.05, 0) is 12.6 Å². The number of aromatic amines is 1. The van der Waals surface area contributed by atoms with Crippen molar-refractivity contribution >= 4 is 0 Å². The van der Waals surface area contributed by atoms with Crippen molar-refractivity contribution in [3.05, 3.63) is 28.3 Å². The third-order valence-electron chi connectivity index (χ3n) is 1.90. The van der Waals surface area contributed by atoms with Crippen LogP contribution in [0.3, 0.4) is 0 Å². The zero-order valence-electron chi connectivity index (χ0n) is 8.73. The van der Waals surface area contributed by atoms with Crippen LogP contribution in [-0.4, -0.2) is 26.9 Å². The lowest BCUT2D eigenvalue weighted by Gasteiger charge is -1.92. The van der Waals surface area contributed by atoms with Gasteiger partial charge in [0.15, 0.2) is 5.82 Å². The molecule has 7 heteroatoms. The van der Waals surface area contributed by atoms with Crippen molar-refractivity contribution in [2.45, 2.75) is 13.5 Å². The molecule has 2 heterocycles. The molecule has 2 aromatic rings. The fourth-order valence-corrected chi connectivity index (χ4v) is 1.13. The number of rotatable bonds is 4. The van der Waals surface area contributed by atoms with E-state index in [4.69, 9.17) is 4.52 Å². The van der Waals surface area contributed by atoms with Crippen molar-refractivity contribution in [3.8, 4) is 11.6 Å². The Hall–Kier alpha value is -2.02. The molecule has 0 aliphatic carbocycles. The van der Waals surface area contributed by atoms with Crippen LogP contribution in [0.15, 0.2) is 21.5 Å². The lowest BCUT2D eigenvalue weighted by Crippen LogP contribution is -2.12. The Labute approximate surface area is 90.9 Å². The molecule has 84 valence electrons. The third kappa shape index (κ3) is 2.31. The summed E-state index contributed by atoms with van der Waals surface area (Å²) in [5.74, 6) is 0.856. The molecule has 0 fully saturated rings. The minimum absolute atomic E-state index is 0.267. The average molecular weight is 221 g/mol. The summed E-state index contributed by atoms with van der Waals surface area (Å²) in [6.07, 6.45) is 0. The lowest BCUT2D eigenvalue weighted by atomic mass is 10.4. The first-order valence-corrected chi connectivity index (χ1v) is 4.89. The second-order valence-electron chi connectivity index (χ2n) is 3.10.